The number of carbonyl (C=O) groups is 1. The van der Waals surface area contributed by atoms with Crippen LogP contribution in [-0.4, -0.2) is 33.2 Å². The molecule has 1 aliphatic rings. The first kappa shape index (κ1) is 10.7. The molecule has 0 aromatic carbocycles. The molecule has 0 spiro atoms. The van der Waals surface area contributed by atoms with E-state index in [1.165, 1.54) is 0 Å². The number of likely N-dealkylation sites (N-methyl/N-ethyl adjacent to an activating group) is 1. The maximum Gasteiger partial charge on any atom is 0.244 e. The second-order valence-electron chi connectivity index (χ2n) is 3.77. The van der Waals surface area contributed by atoms with Crippen molar-refractivity contribution < 1.29 is 4.79 Å². The zero-order valence-corrected chi connectivity index (χ0v) is 10.3. The fourth-order valence-electron chi connectivity index (χ4n) is 1.68. The second-order valence-corrected chi connectivity index (χ2v) is 4.68. The molecule has 1 heterocycles. The van der Waals surface area contributed by atoms with Crippen LogP contribution in [-0.2, 0) is 11.3 Å². The first-order valence-corrected chi connectivity index (χ1v) is 5.97. The van der Waals surface area contributed by atoms with Gasteiger partial charge in [0.1, 0.15) is 6.54 Å². The Balaban J connectivity index is 1.95. The number of amides is 1. The van der Waals surface area contributed by atoms with Gasteiger partial charge < -0.3 is 4.90 Å². The van der Waals surface area contributed by atoms with Gasteiger partial charge in [-0.3, -0.25) is 9.48 Å². The van der Waals surface area contributed by atoms with E-state index in [9.17, 15) is 4.79 Å². The molecule has 0 atom stereocenters. The monoisotopic (exact) mass is 271 g/mol. The summed E-state index contributed by atoms with van der Waals surface area (Å²) in [6, 6.07) is 0.488. The van der Waals surface area contributed by atoms with Crippen molar-refractivity contribution in [1.29, 1.82) is 0 Å². The van der Waals surface area contributed by atoms with Gasteiger partial charge in [0, 0.05) is 18.8 Å². The average Bonchev–Trinajstić information content (AvgIpc) is 2.93. The summed E-state index contributed by atoms with van der Waals surface area (Å²) in [7, 11) is 0. The van der Waals surface area contributed by atoms with Gasteiger partial charge in [-0.25, -0.2) is 0 Å². The molecule has 0 radical (unpaired) electrons. The number of hydrogen-bond acceptors (Lipinski definition) is 2. The molecule has 15 heavy (non-hydrogen) atoms. The number of rotatable bonds is 4. The standard InChI is InChI=1S/C10H14BrN3O/c1-2-14(9-3-4-9)10(15)7-13-6-8(11)5-12-13/h5-6,9H,2-4,7H2,1H3. The molecule has 1 amide bonds. The molecule has 0 aliphatic heterocycles. The molecule has 1 fully saturated rings. The van der Waals surface area contributed by atoms with Gasteiger partial charge in [-0.2, -0.15) is 5.10 Å². The van der Waals surface area contributed by atoms with Crippen molar-refractivity contribution in [3.63, 3.8) is 0 Å². The highest BCUT2D eigenvalue weighted by Crippen LogP contribution is 2.26. The molecule has 4 nitrogen and oxygen atoms in total. The van der Waals surface area contributed by atoms with Crippen LogP contribution in [0.4, 0.5) is 0 Å². The maximum atomic E-state index is 11.9. The molecular formula is C10H14BrN3O. The number of aromatic nitrogens is 2. The molecule has 1 aromatic rings. The predicted molar refractivity (Wildman–Crippen MR) is 60.3 cm³/mol. The smallest absolute Gasteiger partial charge is 0.244 e. The molecule has 82 valence electrons. The first-order valence-electron chi connectivity index (χ1n) is 5.18. The van der Waals surface area contributed by atoms with E-state index in [0.29, 0.717) is 12.6 Å². The van der Waals surface area contributed by atoms with Crippen LogP contribution >= 0.6 is 15.9 Å². The molecule has 1 saturated carbocycles. The Bertz CT molecular complexity index is 359. The maximum absolute atomic E-state index is 11.9. The molecule has 1 aliphatic carbocycles. The molecule has 0 N–H and O–H groups in total. The van der Waals surface area contributed by atoms with Crippen molar-refractivity contribution >= 4 is 21.8 Å². The Morgan fingerprint density at radius 3 is 2.93 bits per heavy atom. The zero-order valence-electron chi connectivity index (χ0n) is 8.69. The lowest BCUT2D eigenvalue weighted by Gasteiger charge is -2.20. The summed E-state index contributed by atoms with van der Waals surface area (Å²) < 4.78 is 2.57. The van der Waals surface area contributed by atoms with Crippen molar-refractivity contribution in [2.24, 2.45) is 0 Å². The predicted octanol–water partition coefficient (Wildman–Crippen LogP) is 1.66. The highest BCUT2D eigenvalue weighted by atomic mass is 79.9. The lowest BCUT2D eigenvalue weighted by atomic mass is 10.4. The number of halogens is 1. The quantitative estimate of drug-likeness (QED) is 0.836. The van der Waals surface area contributed by atoms with Gasteiger partial charge in [0.25, 0.3) is 0 Å². The summed E-state index contributed by atoms with van der Waals surface area (Å²) >= 11 is 3.31. The SMILES string of the molecule is CCN(C(=O)Cn1cc(Br)cn1)C1CC1. The molecule has 5 heteroatoms. The highest BCUT2D eigenvalue weighted by Gasteiger charge is 2.31. The minimum absolute atomic E-state index is 0.163. The van der Waals surface area contributed by atoms with Gasteiger partial charge in [-0.15, -0.1) is 0 Å². The Labute approximate surface area is 97.4 Å². The van der Waals surface area contributed by atoms with E-state index in [4.69, 9.17) is 0 Å². The minimum atomic E-state index is 0.163. The summed E-state index contributed by atoms with van der Waals surface area (Å²) in [5.74, 6) is 0.163. The van der Waals surface area contributed by atoms with Crippen molar-refractivity contribution in [2.75, 3.05) is 6.54 Å². The van der Waals surface area contributed by atoms with Crippen LogP contribution in [0.15, 0.2) is 16.9 Å². The summed E-state index contributed by atoms with van der Waals surface area (Å²) in [5, 5.41) is 4.07. The highest BCUT2D eigenvalue weighted by molar-refractivity contribution is 9.10. The van der Waals surface area contributed by atoms with E-state index in [1.54, 1.807) is 10.9 Å². The third-order valence-corrected chi connectivity index (χ3v) is 2.96. The van der Waals surface area contributed by atoms with E-state index < -0.39 is 0 Å². The van der Waals surface area contributed by atoms with Gasteiger partial charge in [-0.1, -0.05) is 0 Å². The van der Waals surface area contributed by atoms with E-state index in [0.717, 1.165) is 23.9 Å². The molecular weight excluding hydrogens is 258 g/mol. The van der Waals surface area contributed by atoms with Crippen LogP contribution in [0, 0.1) is 0 Å². The largest absolute Gasteiger partial charge is 0.338 e. The Kier molecular flexibility index (Phi) is 3.09. The Hall–Kier alpha value is -0.840. The molecule has 1 aromatic heterocycles. The third-order valence-electron chi connectivity index (χ3n) is 2.55. The normalized spacial score (nSPS) is 15.3. The lowest BCUT2D eigenvalue weighted by molar-refractivity contribution is -0.132. The molecule has 0 bridgehead atoms. The molecule has 2 rings (SSSR count). The molecule has 0 unspecified atom stereocenters. The van der Waals surface area contributed by atoms with Crippen molar-refractivity contribution in [2.45, 2.75) is 32.4 Å². The van der Waals surface area contributed by atoms with E-state index >= 15 is 0 Å². The van der Waals surface area contributed by atoms with E-state index in [2.05, 4.69) is 21.0 Å². The topological polar surface area (TPSA) is 38.1 Å². The summed E-state index contributed by atoms with van der Waals surface area (Å²) in [6.07, 6.45) is 5.82. The van der Waals surface area contributed by atoms with E-state index in [1.807, 2.05) is 18.0 Å². The average molecular weight is 272 g/mol. The summed E-state index contributed by atoms with van der Waals surface area (Å²) in [4.78, 5) is 13.8. The van der Waals surface area contributed by atoms with Crippen LogP contribution in [0.2, 0.25) is 0 Å². The van der Waals surface area contributed by atoms with Crippen molar-refractivity contribution in [3.8, 4) is 0 Å². The number of carbonyl (C=O) groups excluding carboxylic acids is 1. The van der Waals surface area contributed by atoms with Crippen LogP contribution in [0.3, 0.4) is 0 Å². The fraction of sp³-hybridized carbons (Fsp3) is 0.600. The van der Waals surface area contributed by atoms with Gasteiger partial charge in [0.15, 0.2) is 0 Å². The van der Waals surface area contributed by atoms with Gasteiger partial charge >= 0.3 is 0 Å². The summed E-state index contributed by atoms with van der Waals surface area (Å²) in [6.45, 7) is 3.16. The van der Waals surface area contributed by atoms with Gasteiger partial charge in [-0.05, 0) is 35.7 Å². The minimum Gasteiger partial charge on any atom is -0.338 e. The molecule has 0 saturated heterocycles. The van der Waals surface area contributed by atoms with Crippen molar-refractivity contribution in [1.82, 2.24) is 14.7 Å². The zero-order chi connectivity index (χ0) is 10.8. The summed E-state index contributed by atoms with van der Waals surface area (Å²) in [5.41, 5.74) is 0. The lowest BCUT2D eigenvalue weighted by Crippen LogP contribution is -2.35. The van der Waals surface area contributed by atoms with Crippen LogP contribution in [0.25, 0.3) is 0 Å². The van der Waals surface area contributed by atoms with E-state index in [-0.39, 0.29) is 5.91 Å². The number of nitrogens with zero attached hydrogens (tertiary/aromatic N) is 3. The fourth-order valence-corrected chi connectivity index (χ4v) is 2.01. The van der Waals surface area contributed by atoms with Gasteiger partial charge in [0.05, 0.1) is 10.7 Å². The Morgan fingerprint density at radius 1 is 1.73 bits per heavy atom. The van der Waals surface area contributed by atoms with Crippen LogP contribution in [0.1, 0.15) is 19.8 Å². The second kappa shape index (κ2) is 4.35. The van der Waals surface area contributed by atoms with Gasteiger partial charge in [0.2, 0.25) is 5.91 Å². The van der Waals surface area contributed by atoms with Crippen LogP contribution < -0.4 is 0 Å². The first-order chi connectivity index (χ1) is 7.20. The third kappa shape index (κ3) is 2.59. The Morgan fingerprint density at radius 2 is 2.47 bits per heavy atom. The van der Waals surface area contributed by atoms with Crippen molar-refractivity contribution in [3.05, 3.63) is 16.9 Å². The van der Waals surface area contributed by atoms with Crippen LogP contribution in [0.5, 0.6) is 0 Å². The number of hydrogen-bond donors (Lipinski definition) is 0.